The summed E-state index contributed by atoms with van der Waals surface area (Å²) in [4.78, 5) is 12.7. The molecule has 3 rings (SSSR count). The number of hydrogen-bond acceptors (Lipinski definition) is 4. The van der Waals surface area contributed by atoms with E-state index < -0.39 is 10.0 Å². The molecule has 30 heavy (non-hydrogen) atoms. The largest absolute Gasteiger partial charge is 0.497 e. The van der Waals surface area contributed by atoms with Crippen molar-refractivity contribution in [1.82, 2.24) is 0 Å². The number of benzene rings is 3. The van der Waals surface area contributed by atoms with Crippen LogP contribution in [0.15, 0.2) is 83.8 Å². The van der Waals surface area contributed by atoms with E-state index in [0.29, 0.717) is 17.1 Å². The highest BCUT2D eigenvalue weighted by molar-refractivity contribution is 7.92. The van der Waals surface area contributed by atoms with Crippen LogP contribution in [0.1, 0.15) is 12.0 Å². The first-order valence-electron chi connectivity index (χ1n) is 9.48. The fourth-order valence-corrected chi connectivity index (χ4v) is 4.41. The van der Waals surface area contributed by atoms with Crippen molar-refractivity contribution in [3.8, 4) is 5.75 Å². The molecule has 1 N–H and O–H groups in total. The van der Waals surface area contributed by atoms with Crippen molar-refractivity contribution < 1.29 is 17.9 Å². The van der Waals surface area contributed by atoms with Gasteiger partial charge in [-0.1, -0.05) is 42.0 Å². The van der Waals surface area contributed by atoms with Gasteiger partial charge in [0.2, 0.25) is 5.91 Å². The first-order valence-corrected chi connectivity index (χ1v) is 10.9. The second-order valence-electron chi connectivity index (χ2n) is 6.76. The average Bonchev–Trinajstić information content (AvgIpc) is 2.75. The first kappa shape index (κ1) is 21.4. The molecule has 0 saturated carbocycles. The monoisotopic (exact) mass is 424 g/mol. The summed E-state index contributed by atoms with van der Waals surface area (Å²) in [6.45, 7) is 1.91. The van der Waals surface area contributed by atoms with Crippen molar-refractivity contribution in [1.29, 1.82) is 0 Å². The molecule has 0 aliphatic carbocycles. The van der Waals surface area contributed by atoms with Crippen molar-refractivity contribution >= 4 is 27.3 Å². The Hall–Kier alpha value is -3.32. The van der Waals surface area contributed by atoms with Crippen molar-refractivity contribution in [3.63, 3.8) is 0 Å². The molecule has 7 heteroatoms. The molecule has 6 nitrogen and oxygen atoms in total. The van der Waals surface area contributed by atoms with Gasteiger partial charge in [0.25, 0.3) is 10.0 Å². The van der Waals surface area contributed by atoms with Crippen molar-refractivity contribution in [2.24, 2.45) is 0 Å². The van der Waals surface area contributed by atoms with E-state index in [2.05, 4.69) is 5.32 Å². The smallest absolute Gasteiger partial charge is 0.264 e. The van der Waals surface area contributed by atoms with Gasteiger partial charge in [-0.25, -0.2) is 8.42 Å². The minimum absolute atomic E-state index is 0.00278. The molecule has 0 heterocycles. The van der Waals surface area contributed by atoms with E-state index in [9.17, 15) is 13.2 Å². The van der Waals surface area contributed by atoms with Crippen LogP contribution in [-0.4, -0.2) is 28.0 Å². The van der Waals surface area contributed by atoms with E-state index >= 15 is 0 Å². The molecule has 0 fully saturated rings. The molecule has 0 saturated heterocycles. The zero-order valence-electron chi connectivity index (χ0n) is 16.9. The lowest BCUT2D eigenvalue weighted by molar-refractivity contribution is -0.116. The van der Waals surface area contributed by atoms with Crippen molar-refractivity contribution in [3.05, 3.63) is 84.4 Å². The number of sulfonamides is 1. The lowest BCUT2D eigenvalue weighted by atomic mass is 10.2. The summed E-state index contributed by atoms with van der Waals surface area (Å²) in [5, 5.41) is 2.78. The molecule has 0 aliphatic rings. The predicted molar refractivity (Wildman–Crippen MR) is 118 cm³/mol. The zero-order valence-corrected chi connectivity index (χ0v) is 17.7. The normalized spacial score (nSPS) is 11.0. The maximum atomic E-state index is 13.3. The van der Waals surface area contributed by atoms with Gasteiger partial charge < -0.3 is 10.1 Å². The summed E-state index contributed by atoms with van der Waals surface area (Å²) in [7, 11) is -2.27. The Bertz CT molecular complexity index is 1100. The minimum atomic E-state index is -3.82. The van der Waals surface area contributed by atoms with Gasteiger partial charge in [0.15, 0.2) is 0 Å². The lowest BCUT2D eigenvalue weighted by Crippen LogP contribution is -2.34. The molecule has 3 aromatic carbocycles. The molecule has 1 amide bonds. The first-order chi connectivity index (χ1) is 14.4. The summed E-state index contributed by atoms with van der Waals surface area (Å²) in [5.74, 6) is 0.337. The van der Waals surface area contributed by atoms with Crippen LogP contribution in [-0.2, 0) is 14.8 Å². The third kappa shape index (κ3) is 5.18. The van der Waals surface area contributed by atoms with Gasteiger partial charge in [0, 0.05) is 24.7 Å². The third-order valence-corrected chi connectivity index (χ3v) is 6.39. The Morgan fingerprint density at radius 3 is 2.33 bits per heavy atom. The van der Waals surface area contributed by atoms with Crippen LogP contribution in [0.2, 0.25) is 0 Å². The molecule has 0 atom stereocenters. The zero-order chi connectivity index (χ0) is 21.6. The summed E-state index contributed by atoms with van der Waals surface area (Å²) in [6, 6.07) is 22.5. The summed E-state index contributed by atoms with van der Waals surface area (Å²) in [5.41, 5.74) is 2.07. The number of anilines is 2. The molecular weight excluding hydrogens is 400 g/mol. The third-order valence-electron chi connectivity index (χ3n) is 4.55. The van der Waals surface area contributed by atoms with Crippen molar-refractivity contribution in [2.75, 3.05) is 23.3 Å². The van der Waals surface area contributed by atoms with Gasteiger partial charge in [-0.05, 0) is 43.3 Å². The Balaban J connectivity index is 1.80. The Labute approximate surface area is 177 Å². The molecule has 0 bridgehead atoms. The number of nitrogens with zero attached hydrogens (tertiary/aromatic N) is 1. The highest BCUT2D eigenvalue weighted by Gasteiger charge is 2.25. The second-order valence-corrected chi connectivity index (χ2v) is 8.62. The quantitative estimate of drug-likeness (QED) is 0.587. The lowest BCUT2D eigenvalue weighted by Gasteiger charge is -2.24. The average molecular weight is 425 g/mol. The van der Waals surface area contributed by atoms with Crippen LogP contribution in [0, 0.1) is 6.92 Å². The van der Waals surface area contributed by atoms with Gasteiger partial charge in [-0.2, -0.15) is 0 Å². The van der Waals surface area contributed by atoms with Crippen molar-refractivity contribution in [2.45, 2.75) is 18.2 Å². The Morgan fingerprint density at radius 1 is 0.967 bits per heavy atom. The topological polar surface area (TPSA) is 75.7 Å². The van der Waals surface area contributed by atoms with Crippen LogP contribution in [0.25, 0.3) is 0 Å². The van der Waals surface area contributed by atoms with Gasteiger partial charge >= 0.3 is 0 Å². The Kier molecular flexibility index (Phi) is 6.74. The van der Waals surface area contributed by atoms with E-state index in [1.54, 1.807) is 79.9 Å². The standard InChI is InChI=1S/C23H24N2O4S/c1-18-11-13-22(14-12-18)30(27,28)25(20-8-4-3-5-9-20)16-15-23(26)24-19-7-6-10-21(17-19)29-2/h3-14,17H,15-16H2,1-2H3,(H,24,26). The number of aryl methyl sites for hydroxylation is 1. The number of amides is 1. The van der Waals surface area contributed by atoms with E-state index in [4.69, 9.17) is 4.74 Å². The molecule has 3 aromatic rings. The van der Waals surface area contributed by atoms with E-state index in [0.717, 1.165) is 5.56 Å². The van der Waals surface area contributed by atoms with Gasteiger partial charge in [0.1, 0.15) is 5.75 Å². The van der Waals surface area contributed by atoms with Gasteiger partial charge in [0.05, 0.1) is 17.7 Å². The summed E-state index contributed by atoms with van der Waals surface area (Å²) >= 11 is 0. The number of hydrogen-bond donors (Lipinski definition) is 1. The number of nitrogens with one attached hydrogen (secondary N) is 1. The maximum Gasteiger partial charge on any atom is 0.264 e. The van der Waals surface area contributed by atoms with Gasteiger partial charge in [-0.3, -0.25) is 9.10 Å². The number of carbonyl (C=O) groups is 1. The summed E-state index contributed by atoms with van der Waals surface area (Å²) < 4.78 is 33.0. The minimum Gasteiger partial charge on any atom is -0.497 e. The van der Waals surface area contributed by atoms with Crippen LogP contribution < -0.4 is 14.4 Å². The molecule has 0 radical (unpaired) electrons. The molecule has 0 aliphatic heterocycles. The van der Waals surface area contributed by atoms with Crippen LogP contribution >= 0.6 is 0 Å². The maximum absolute atomic E-state index is 13.3. The molecule has 0 aromatic heterocycles. The number of rotatable bonds is 8. The second kappa shape index (κ2) is 9.45. The van der Waals surface area contributed by atoms with E-state index in [1.807, 2.05) is 13.0 Å². The van der Waals surface area contributed by atoms with Crippen LogP contribution in [0.5, 0.6) is 5.75 Å². The molecule has 156 valence electrons. The van der Waals surface area contributed by atoms with Gasteiger partial charge in [-0.15, -0.1) is 0 Å². The molecule has 0 spiro atoms. The van der Waals surface area contributed by atoms with Crippen LogP contribution in [0.3, 0.4) is 0 Å². The number of methoxy groups -OCH3 is 1. The fraction of sp³-hybridized carbons (Fsp3) is 0.174. The fourth-order valence-electron chi connectivity index (χ4n) is 2.95. The highest BCUT2D eigenvalue weighted by Crippen LogP contribution is 2.24. The SMILES string of the molecule is COc1cccc(NC(=O)CCN(c2ccccc2)S(=O)(=O)c2ccc(C)cc2)c1. The Morgan fingerprint density at radius 2 is 1.67 bits per heavy atom. The van der Waals surface area contributed by atoms with Crippen LogP contribution in [0.4, 0.5) is 11.4 Å². The predicted octanol–water partition coefficient (Wildman–Crippen LogP) is 4.23. The number of para-hydroxylation sites is 1. The van der Waals surface area contributed by atoms with E-state index in [-0.39, 0.29) is 23.8 Å². The van der Waals surface area contributed by atoms with E-state index in [1.165, 1.54) is 4.31 Å². The number of carbonyl (C=O) groups excluding carboxylic acids is 1. The summed E-state index contributed by atoms with van der Waals surface area (Å²) in [6.07, 6.45) is -0.00278. The highest BCUT2D eigenvalue weighted by atomic mass is 32.2. The molecule has 0 unspecified atom stereocenters. The molecular formula is C23H24N2O4S. The number of ether oxygens (including phenoxy) is 1.